The van der Waals surface area contributed by atoms with Gasteiger partial charge < -0.3 is 10.1 Å². The van der Waals surface area contributed by atoms with Gasteiger partial charge in [0.2, 0.25) is 0 Å². The summed E-state index contributed by atoms with van der Waals surface area (Å²) < 4.78 is 5.13. The van der Waals surface area contributed by atoms with E-state index in [1.54, 1.807) is 12.3 Å². The summed E-state index contributed by atoms with van der Waals surface area (Å²) in [7, 11) is 0. The van der Waals surface area contributed by atoms with Crippen molar-refractivity contribution in [3.63, 3.8) is 0 Å². The third-order valence-corrected chi connectivity index (χ3v) is 2.01. The Morgan fingerprint density at radius 3 is 3.00 bits per heavy atom. The number of amides is 1. The number of H-pyrrole nitrogens is 1. The summed E-state index contributed by atoms with van der Waals surface area (Å²) in [5, 5.41) is 9.15. The zero-order valence-corrected chi connectivity index (χ0v) is 9.12. The van der Waals surface area contributed by atoms with Crippen molar-refractivity contribution in [3.8, 4) is 0 Å². The molecule has 1 aliphatic rings. The molecule has 1 amide bonds. The van der Waals surface area contributed by atoms with Gasteiger partial charge in [-0.3, -0.25) is 9.89 Å². The maximum absolute atomic E-state index is 11.4. The molecule has 1 fully saturated rings. The van der Waals surface area contributed by atoms with Gasteiger partial charge in [0.05, 0.1) is 12.6 Å². The quantitative estimate of drug-likeness (QED) is 0.765. The van der Waals surface area contributed by atoms with Crippen molar-refractivity contribution in [1.82, 2.24) is 15.5 Å². The lowest BCUT2D eigenvalue weighted by Crippen LogP contribution is -2.35. The molecule has 0 aliphatic carbocycles. The van der Waals surface area contributed by atoms with E-state index in [1.165, 1.54) is 0 Å². The maximum atomic E-state index is 11.4. The summed E-state index contributed by atoms with van der Waals surface area (Å²) in [5.41, 5.74) is 0.493. The molecule has 2 rings (SSSR count). The molecule has 15 heavy (non-hydrogen) atoms. The van der Waals surface area contributed by atoms with Crippen LogP contribution in [0.4, 0.5) is 0 Å². The molecule has 0 radical (unpaired) electrons. The lowest BCUT2D eigenvalue weighted by molar-refractivity contribution is 0.0925. The number of ether oxygens (including phenoxy) is 1. The van der Waals surface area contributed by atoms with Crippen LogP contribution in [0.3, 0.4) is 0 Å². The lowest BCUT2D eigenvalue weighted by atomic mass is 10.2. The van der Waals surface area contributed by atoms with Crippen molar-refractivity contribution in [3.05, 3.63) is 18.0 Å². The zero-order chi connectivity index (χ0) is 11.1. The first kappa shape index (κ1) is 11.7. The highest BCUT2D eigenvalue weighted by Crippen LogP contribution is 2.04. The molecule has 0 bridgehead atoms. The molecule has 5 nitrogen and oxygen atoms in total. The highest BCUT2D eigenvalue weighted by molar-refractivity contribution is 5.92. The topological polar surface area (TPSA) is 67.0 Å². The van der Waals surface area contributed by atoms with Gasteiger partial charge in [-0.1, -0.05) is 13.8 Å². The van der Waals surface area contributed by atoms with E-state index >= 15 is 0 Å². The fourth-order valence-electron chi connectivity index (χ4n) is 1.29. The van der Waals surface area contributed by atoms with E-state index in [0.29, 0.717) is 12.3 Å². The van der Waals surface area contributed by atoms with Gasteiger partial charge in [-0.25, -0.2) is 0 Å². The standard InChI is InChI=1S/C8H11N3O2.C2H6/c12-8(7-1-3-9-11-7)10-6-2-4-13-5-6;1-2/h1,3,6H,2,4-5H2,(H,9,11)(H,10,12);1-2H3. The number of aromatic amines is 1. The van der Waals surface area contributed by atoms with E-state index in [2.05, 4.69) is 15.5 Å². The molecule has 1 saturated heterocycles. The second kappa shape index (κ2) is 6.19. The largest absolute Gasteiger partial charge is 0.379 e. The summed E-state index contributed by atoms with van der Waals surface area (Å²) in [6.45, 7) is 5.34. The number of hydrogen-bond acceptors (Lipinski definition) is 3. The molecule has 1 unspecified atom stereocenters. The van der Waals surface area contributed by atoms with Crippen molar-refractivity contribution in [2.75, 3.05) is 13.2 Å². The second-order valence-corrected chi connectivity index (χ2v) is 3.00. The summed E-state index contributed by atoms with van der Waals surface area (Å²) >= 11 is 0. The molecule has 2 heterocycles. The first-order chi connectivity index (χ1) is 7.36. The number of carbonyl (C=O) groups is 1. The molecular weight excluding hydrogens is 194 g/mol. The number of rotatable bonds is 2. The SMILES string of the molecule is CC.O=C(NC1CCOC1)c1ccn[nH]1. The number of hydrogen-bond donors (Lipinski definition) is 2. The van der Waals surface area contributed by atoms with Crippen LogP contribution in [0.2, 0.25) is 0 Å². The van der Waals surface area contributed by atoms with Crippen LogP contribution in [0.5, 0.6) is 0 Å². The molecule has 2 N–H and O–H groups in total. The summed E-state index contributed by atoms with van der Waals surface area (Å²) in [6.07, 6.45) is 2.44. The van der Waals surface area contributed by atoms with Crippen LogP contribution in [-0.4, -0.2) is 35.4 Å². The lowest BCUT2D eigenvalue weighted by Gasteiger charge is -2.08. The average Bonchev–Trinajstić information content (AvgIpc) is 2.92. The average molecular weight is 211 g/mol. The predicted molar refractivity (Wildman–Crippen MR) is 56.6 cm³/mol. The molecule has 84 valence electrons. The number of nitrogens with zero attached hydrogens (tertiary/aromatic N) is 1. The van der Waals surface area contributed by atoms with Gasteiger partial charge in [0.15, 0.2) is 0 Å². The Kier molecular flexibility index (Phi) is 4.83. The highest BCUT2D eigenvalue weighted by atomic mass is 16.5. The third kappa shape index (κ3) is 3.36. The highest BCUT2D eigenvalue weighted by Gasteiger charge is 2.18. The zero-order valence-electron chi connectivity index (χ0n) is 9.12. The third-order valence-electron chi connectivity index (χ3n) is 2.01. The van der Waals surface area contributed by atoms with Gasteiger partial charge in [-0.15, -0.1) is 0 Å². The van der Waals surface area contributed by atoms with E-state index in [0.717, 1.165) is 13.0 Å². The fourth-order valence-corrected chi connectivity index (χ4v) is 1.29. The van der Waals surface area contributed by atoms with Crippen LogP contribution in [0.15, 0.2) is 12.3 Å². The van der Waals surface area contributed by atoms with Crippen molar-refractivity contribution in [2.45, 2.75) is 26.3 Å². The van der Waals surface area contributed by atoms with E-state index < -0.39 is 0 Å². The van der Waals surface area contributed by atoms with E-state index in [1.807, 2.05) is 13.8 Å². The van der Waals surface area contributed by atoms with Crippen molar-refractivity contribution in [1.29, 1.82) is 0 Å². The Morgan fingerprint density at radius 2 is 2.47 bits per heavy atom. The van der Waals surface area contributed by atoms with Crippen molar-refractivity contribution < 1.29 is 9.53 Å². The van der Waals surface area contributed by atoms with E-state index in [4.69, 9.17) is 4.74 Å². The first-order valence-electron chi connectivity index (χ1n) is 5.24. The minimum Gasteiger partial charge on any atom is -0.379 e. The van der Waals surface area contributed by atoms with Crippen LogP contribution in [0, 0.1) is 0 Å². The monoisotopic (exact) mass is 211 g/mol. The Bertz CT molecular complexity index is 279. The Balaban J connectivity index is 0.000000531. The van der Waals surface area contributed by atoms with Crippen LogP contribution in [0.25, 0.3) is 0 Å². The number of carbonyl (C=O) groups excluding carboxylic acids is 1. The van der Waals surface area contributed by atoms with E-state index in [9.17, 15) is 4.79 Å². The predicted octanol–water partition coefficient (Wildman–Crippen LogP) is 0.955. The Morgan fingerprint density at radius 1 is 1.67 bits per heavy atom. The van der Waals surface area contributed by atoms with Gasteiger partial charge in [-0.05, 0) is 12.5 Å². The molecule has 5 heteroatoms. The van der Waals surface area contributed by atoms with Gasteiger partial charge in [-0.2, -0.15) is 5.10 Å². The number of aromatic nitrogens is 2. The van der Waals surface area contributed by atoms with Crippen LogP contribution >= 0.6 is 0 Å². The minimum atomic E-state index is -0.118. The first-order valence-corrected chi connectivity index (χ1v) is 5.24. The second-order valence-electron chi connectivity index (χ2n) is 3.00. The summed E-state index contributed by atoms with van der Waals surface area (Å²) in [4.78, 5) is 11.4. The smallest absolute Gasteiger partial charge is 0.269 e. The summed E-state index contributed by atoms with van der Waals surface area (Å²) in [5.74, 6) is -0.118. The van der Waals surface area contributed by atoms with Crippen molar-refractivity contribution >= 4 is 5.91 Å². The van der Waals surface area contributed by atoms with Crippen LogP contribution < -0.4 is 5.32 Å². The van der Waals surface area contributed by atoms with Gasteiger partial charge in [0.25, 0.3) is 5.91 Å². The maximum Gasteiger partial charge on any atom is 0.269 e. The van der Waals surface area contributed by atoms with Crippen molar-refractivity contribution in [2.24, 2.45) is 0 Å². The molecule has 1 atom stereocenters. The molecule has 1 aromatic rings. The van der Waals surface area contributed by atoms with Gasteiger partial charge in [0.1, 0.15) is 5.69 Å². The molecule has 0 saturated carbocycles. The van der Waals surface area contributed by atoms with Gasteiger partial charge >= 0.3 is 0 Å². The van der Waals surface area contributed by atoms with E-state index in [-0.39, 0.29) is 11.9 Å². The normalized spacial score (nSPS) is 19.2. The molecular formula is C10H17N3O2. The molecule has 0 spiro atoms. The minimum absolute atomic E-state index is 0.118. The van der Waals surface area contributed by atoms with Crippen LogP contribution in [0.1, 0.15) is 30.8 Å². The molecule has 0 aromatic carbocycles. The van der Waals surface area contributed by atoms with Gasteiger partial charge in [0, 0.05) is 12.8 Å². The number of nitrogens with one attached hydrogen (secondary N) is 2. The molecule has 1 aromatic heterocycles. The molecule has 1 aliphatic heterocycles. The Hall–Kier alpha value is -1.36. The fraction of sp³-hybridized carbons (Fsp3) is 0.600. The summed E-state index contributed by atoms with van der Waals surface area (Å²) in [6, 6.07) is 1.79. The van der Waals surface area contributed by atoms with Crippen LogP contribution in [-0.2, 0) is 4.74 Å². The Labute approximate surface area is 89.2 Å².